The van der Waals surface area contributed by atoms with Crippen molar-refractivity contribution in [3.63, 3.8) is 0 Å². The van der Waals surface area contributed by atoms with Gasteiger partial charge in [-0.15, -0.1) is 12.4 Å². The predicted octanol–water partition coefficient (Wildman–Crippen LogP) is 2.02. The number of para-hydroxylation sites is 1. The molecule has 0 atom stereocenters. The number of benzene rings is 2. The zero-order valence-electron chi connectivity index (χ0n) is 12.8. The van der Waals surface area contributed by atoms with Crippen LogP contribution in [0.25, 0.3) is 0 Å². The van der Waals surface area contributed by atoms with Crippen molar-refractivity contribution in [2.45, 2.75) is 0 Å². The average molecular weight is 350 g/mol. The van der Waals surface area contributed by atoms with Crippen molar-refractivity contribution < 1.29 is 19.1 Å². The van der Waals surface area contributed by atoms with Crippen LogP contribution in [0.5, 0.6) is 5.75 Å². The van der Waals surface area contributed by atoms with Crippen LogP contribution in [0.1, 0.15) is 20.7 Å². The number of ether oxygens (including phenoxy) is 2. The molecule has 0 aliphatic heterocycles. The van der Waals surface area contributed by atoms with Crippen LogP contribution in [0.3, 0.4) is 0 Å². The molecule has 0 spiro atoms. The molecule has 0 radical (unpaired) electrons. The minimum Gasteiger partial charge on any atom is -0.465 e. The summed E-state index contributed by atoms with van der Waals surface area (Å²) in [5.41, 5.74) is 11.5. The van der Waals surface area contributed by atoms with E-state index in [9.17, 15) is 9.59 Å². The summed E-state index contributed by atoms with van der Waals surface area (Å²) in [6.07, 6.45) is 0. The van der Waals surface area contributed by atoms with Gasteiger partial charge in [0.25, 0.3) is 0 Å². The predicted molar refractivity (Wildman–Crippen MR) is 91.9 cm³/mol. The normalized spacial score (nSPS) is 9.38. The summed E-state index contributed by atoms with van der Waals surface area (Å²) in [5, 5.41) is 0. The minimum absolute atomic E-state index is 0. The lowest BCUT2D eigenvalue weighted by Crippen LogP contribution is -2.21. The summed E-state index contributed by atoms with van der Waals surface area (Å²) in [6, 6.07) is 12.5. The fraction of sp³-hybridized carbons (Fsp3) is 0.0625. The van der Waals surface area contributed by atoms with Crippen LogP contribution >= 0.6 is 12.4 Å². The lowest BCUT2D eigenvalue weighted by atomic mass is 10.2. The van der Waals surface area contributed by atoms with Crippen LogP contribution in [0.4, 0.5) is 5.69 Å². The van der Waals surface area contributed by atoms with E-state index in [1.54, 1.807) is 24.3 Å². The largest absolute Gasteiger partial charge is 0.465 e. The Morgan fingerprint density at radius 3 is 2.17 bits per heavy atom. The first-order chi connectivity index (χ1) is 11.0. The van der Waals surface area contributed by atoms with Crippen molar-refractivity contribution in [3.05, 3.63) is 59.7 Å². The van der Waals surface area contributed by atoms with E-state index in [-0.39, 0.29) is 29.7 Å². The number of methoxy groups -OCH3 is 1. The molecule has 0 bridgehead atoms. The molecule has 4 N–H and O–H groups in total. The number of nitrogens with two attached hydrogens (primary N) is 2. The van der Waals surface area contributed by atoms with Crippen LogP contribution < -0.4 is 16.2 Å². The topological polar surface area (TPSA) is 117 Å². The van der Waals surface area contributed by atoms with Crippen LogP contribution in [-0.2, 0) is 4.74 Å². The van der Waals surface area contributed by atoms with Gasteiger partial charge in [0.05, 0.1) is 18.4 Å². The van der Waals surface area contributed by atoms with Crippen LogP contribution in [0, 0.1) is 0 Å². The third-order valence-corrected chi connectivity index (χ3v) is 2.86. The molecular weight excluding hydrogens is 334 g/mol. The number of rotatable bonds is 4. The molecule has 0 unspecified atom stereocenters. The molecule has 2 aromatic rings. The fourth-order valence-electron chi connectivity index (χ4n) is 1.81. The Bertz CT molecular complexity index is 756. The monoisotopic (exact) mass is 349 g/mol. The molecule has 0 fully saturated rings. The second-order valence-corrected chi connectivity index (χ2v) is 4.46. The maximum absolute atomic E-state index is 12.2. The third kappa shape index (κ3) is 4.72. The molecule has 2 rings (SSSR count). The van der Waals surface area contributed by atoms with Gasteiger partial charge in [-0.1, -0.05) is 12.1 Å². The number of carbonyl (C=O) groups is 2. The zero-order chi connectivity index (χ0) is 16.8. The van der Waals surface area contributed by atoms with E-state index in [0.717, 1.165) is 0 Å². The standard InChI is InChI=1S/C16H15N3O4.ClH/c1-22-15(21)12-4-2-3-5-13(12)23-14(20)10-6-8-11(9-7-10)19-16(17)18;/h2-9H,1H3,(H4,17,18,19);1H. The highest BCUT2D eigenvalue weighted by Crippen LogP contribution is 2.21. The Hall–Kier alpha value is -3.06. The van der Waals surface area contributed by atoms with Gasteiger partial charge in [-0.25, -0.2) is 14.6 Å². The van der Waals surface area contributed by atoms with E-state index >= 15 is 0 Å². The first kappa shape index (κ1) is 19.0. The molecular formula is C16H16ClN3O4. The Morgan fingerprint density at radius 1 is 0.958 bits per heavy atom. The van der Waals surface area contributed by atoms with Gasteiger partial charge < -0.3 is 20.9 Å². The van der Waals surface area contributed by atoms with Crippen LogP contribution in [-0.4, -0.2) is 25.0 Å². The summed E-state index contributed by atoms with van der Waals surface area (Å²) in [4.78, 5) is 27.7. The third-order valence-electron chi connectivity index (χ3n) is 2.86. The fourth-order valence-corrected chi connectivity index (χ4v) is 1.81. The van der Waals surface area contributed by atoms with E-state index in [2.05, 4.69) is 9.73 Å². The molecule has 0 aliphatic rings. The Balaban J connectivity index is 0.00000288. The average Bonchev–Trinajstić information content (AvgIpc) is 2.54. The maximum atomic E-state index is 12.2. The molecule has 2 aromatic carbocycles. The lowest BCUT2D eigenvalue weighted by Gasteiger charge is -2.08. The molecule has 0 heterocycles. The molecule has 0 amide bonds. The molecule has 24 heavy (non-hydrogen) atoms. The summed E-state index contributed by atoms with van der Waals surface area (Å²) in [6.45, 7) is 0. The highest BCUT2D eigenvalue weighted by atomic mass is 35.5. The van der Waals surface area contributed by atoms with Crippen LogP contribution in [0.15, 0.2) is 53.5 Å². The van der Waals surface area contributed by atoms with E-state index in [1.165, 1.54) is 31.4 Å². The molecule has 126 valence electrons. The smallest absolute Gasteiger partial charge is 0.343 e. The Kier molecular flexibility index (Phi) is 6.76. The summed E-state index contributed by atoms with van der Waals surface area (Å²) < 4.78 is 9.90. The van der Waals surface area contributed by atoms with Gasteiger partial charge in [0.15, 0.2) is 5.96 Å². The second kappa shape index (κ2) is 8.54. The van der Waals surface area contributed by atoms with Crippen molar-refractivity contribution in [1.29, 1.82) is 0 Å². The van der Waals surface area contributed by atoms with Gasteiger partial charge in [0, 0.05) is 0 Å². The van der Waals surface area contributed by atoms with Gasteiger partial charge >= 0.3 is 11.9 Å². The van der Waals surface area contributed by atoms with Gasteiger partial charge in [-0.2, -0.15) is 0 Å². The Morgan fingerprint density at radius 2 is 1.58 bits per heavy atom. The lowest BCUT2D eigenvalue weighted by molar-refractivity contribution is 0.0593. The van der Waals surface area contributed by atoms with Crippen molar-refractivity contribution in [2.75, 3.05) is 7.11 Å². The summed E-state index contributed by atoms with van der Waals surface area (Å²) in [5.74, 6) is -1.15. The van der Waals surface area contributed by atoms with E-state index in [0.29, 0.717) is 11.3 Å². The SMILES string of the molecule is COC(=O)c1ccccc1OC(=O)c1ccc(N=C(N)N)cc1.Cl. The number of hydrogen-bond donors (Lipinski definition) is 2. The number of esters is 2. The van der Waals surface area contributed by atoms with Crippen molar-refractivity contribution >= 4 is 36.0 Å². The quantitative estimate of drug-likeness (QED) is 0.377. The van der Waals surface area contributed by atoms with Crippen molar-refractivity contribution in [1.82, 2.24) is 0 Å². The molecule has 0 saturated carbocycles. The number of halogens is 1. The van der Waals surface area contributed by atoms with Crippen molar-refractivity contribution in [3.8, 4) is 5.75 Å². The molecule has 8 heteroatoms. The number of guanidine groups is 1. The van der Waals surface area contributed by atoms with E-state index in [1.807, 2.05) is 0 Å². The first-order valence-corrected chi connectivity index (χ1v) is 6.60. The first-order valence-electron chi connectivity index (χ1n) is 6.60. The second-order valence-electron chi connectivity index (χ2n) is 4.46. The molecule has 0 aliphatic carbocycles. The zero-order valence-corrected chi connectivity index (χ0v) is 13.6. The van der Waals surface area contributed by atoms with Crippen LogP contribution in [0.2, 0.25) is 0 Å². The number of nitrogens with zero attached hydrogens (tertiary/aromatic N) is 1. The highest BCUT2D eigenvalue weighted by Gasteiger charge is 2.16. The number of carbonyl (C=O) groups excluding carboxylic acids is 2. The molecule has 0 saturated heterocycles. The van der Waals surface area contributed by atoms with Gasteiger partial charge in [0.2, 0.25) is 0 Å². The van der Waals surface area contributed by atoms with Crippen molar-refractivity contribution in [2.24, 2.45) is 16.5 Å². The van der Waals surface area contributed by atoms with E-state index < -0.39 is 11.9 Å². The highest BCUT2D eigenvalue weighted by molar-refractivity contribution is 5.96. The molecule has 7 nitrogen and oxygen atoms in total. The minimum atomic E-state index is -0.613. The summed E-state index contributed by atoms with van der Waals surface area (Å²) >= 11 is 0. The van der Waals surface area contributed by atoms with E-state index in [4.69, 9.17) is 16.2 Å². The van der Waals surface area contributed by atoms with Gasteiger partial charge in [-0.05, 0) is 36.4 Å². The number of aliphatic imine (C=N–C) groups is 1. The summed E-state index contributed by atoms with van der Waals surface area (Å²) in [7, 11) is 1.25. The molecule has 0 aromatic heterocycles. The number of hydrogen-bond acceptors (Lipinski definition) is 5. The Labute approximate surface area is 144 Å². The van der Waals surface area contributed by atoms with Gasteiger partial charge in [-0.3, -0.25) is 0 Å². The maximum Gasteiger partial charge on any atom is 0.343 e. The van der Waals surface area contributed by atoms with Gasteiger partial charge in [0.1, 0.15) is 11.3 Å².